The van der Waals surface area contributed by atoms with E-state index in [1.54, 1.807) is 12.4 Å². The van der Waals surface area contributed by atoms with Crippen molar-refractivity contribution in [3.63, 3.8) is 0 Å². The van der Waals surface area contributed by atoms with E-state index >= 15 is 0 Å². The van der Waals surface area contributed by atoms with Gasteiger partial charge in [0.25, 0.3) is 0 Å². The largest absolute Gasteiger partial charge is 0.479 e. The van der Waals surface area contributed by atoms with Crippen molar-refractivity contribution >= 4 is 23.1 Å². The minimum absolute atomic E-state index is 0.0871. The number of likely N-dealkylation sites (tertiary alicyclic amines) is 1. The zero-order chi connectivity index (χ0) is 21.9. The molecule has 3 heterocycles. The van der Waals surface area contributed by atoms with Gasteiger partial charge in [-0.2, -0.15) is 0 Å². The number of aliphatic carboxylic acids is 1. The smallest absolute Gasteiger partial charge is 0.412 e. The topological polar surface area (TPSA) is 163 Å². The molecule has 4 N–H and O–H groups in total. The quantitative estimate of drug-likeness (QED) is 0.490. The zero-order valence-corrected chi connectivity index (χ0v) is 16.2. The van der Waals surface area contributed by atoms with Crippen LogP contribution >= 0.6 is 0 Å². The average molecular weight is 431 g/mol. The SMILES string of the molecule is O=C(O)C1O[C@@H](OC(=O)N2CC3CC(C2)c2cc4nccnc4cc23)C(O)C(O)[C@@H]1O. The molecule has 0 saturated carbocycles. The Morgan fingerprint density at radius 2 is 1.55 bits per heavy atom. The molecular formula is C20H21N3O8. The van der Waals surface area contributed by atoms with Gasteiger partial charge in [0.2, 0.25) is 6.29 Å². The van der Waals surface area contributed by atoms with Gasteiger partial charge in [-0.3, -0.25) is 9.97 Å². The predicted molar refractivity (Wildman–Crippen MR) is 102 cm³/mol. The van der Waals surface area contributed by atoms with Gasteiger partial charge in [-0.05, 0) is 29.7 Å². The first-order valence-electron chi connectivity index (χ1n) is 9.96. The Labute approximate surface area is 175 Å². The van der Waals surface area contributed by atoms with Crippen molar-refractivity contribution in [2.75, 3.05) is 13.1 Å². The highest BCUT2D eigenvalue weighted by Gasteiger charge is 2.49. The fourth-order valence-corrected chi connectivity index (χ4v) is 4.77. The zero-order valence-electron chi connectivity index (χ0n) is 16.2. The van der Waals surface area contributed by atoms with Crippen molar-refractivity contribution in [2.45, 2.75) is 49.0 Å². The van der Waals surface area contributed by atoms with Crippen LogP contribution in [0, 0.1) is 0 Å². The number of carboxylic acid groups (broad SMARTS) is 1. The van der Waals surface area contributed by atoms with Crippen LogP contribution in [-0.4, -0.2) is 91.2 Å². The van der Waals surface area contributed by atoms with Crippen LogP contribution in [0.25, 0.3) is 11.0 Å². The minimum atomic E-state index is -1.85. The summed E-state index contributed by atoms with van der Waals surface area (Å²) >= 11 is 0. The molecule has 11 nitrogen and oxygen atoms in total. The number of piperidine rings is 1. The van der Waals surface area contributed by atoms with Gasteiger partial charge < -0.3 is 34.8 Å². The Hall–Kier alpha value is -2.86. The van der Waals surface area contributed by atoms with Gasteiger partial charge in [0.05, 0.1) is 11.0 Å². The van der Waals surface area contributed by atoms with Crippen LogP contribution in [0.15, 0.2) is 24.5 Å². The van der Waals surface area contributed by atoms with E-state index in [0.29, 0.717) is 13.1 Å². The predicted octanol–water partition coefficient (Wildman–Crippen LogP) is -0.455. The summed E-state index contributed by atoms with van der Waals surface area (Å²) in [4.78, 5) is 34.2. The van der Waals surface area contributed by atoms with Crippen LogP contribution in [0.3, 0.4) is 0 Å². The fourth-order valence-electron chi connectivity index (χ4n) is 4.77. The molecule has 5 unspecified atom stereocenters. The first-order chi connectivity index (χ1) is 14.8. The number of benzene rings is 1. The summed E-state index contributed by atoms with van der Waals surface area (Å²) in [6.45, 7) is 0.759. The lowest BCUT2D eigenvalue weighted by Crippen LogP contribution is -2.61. The van der Waals surface area contributed by atoms with Crippen molar-refractivity contribution in [1.82, 2.24) is 14.9 Å². The molecule has 0 radical (unpaired) electrons. The van der Waals surface area contributed by atoms with E-state index < -0.39 is 42.8 Å². The molecule has 2 aliphatic heterocycles. The van der Waals surface area contributed by atoms with Crippen molar-refractivity contribution in [3.05, 3.63) is 35.7 Å². The highest BCUT2D eigenvalue weighted by atomic mass is 16.7. The molecule has 1 amide bonds. The summed E-state index contributed by atoms with van der Waals surface area (Å²) in [5.74, 6) is -1.37. The normalized spacial score (nSPS) is 34.4. The number of hydrogen-bond donors (Lipinski definition) is 4. The molecule has 1 aromatic heterocycles. The number of rotatable bonds is 2. The summed E-state index contributed by atoms with van der Waals surface area (Å²) in [5.41, 5.74) is 3.81. The number of carbonyl (C=O) groups excluding carboxylic acids is 1. The number of aromatic nitrogens is 2. The number of carboxylic acids is 1. The number of nitrogens with zero attached hydrogens (tertiary/aromatic N) is 3. The van der Waals surface area contributed by atoms with Crippen LogP contribution in [0.2, 0.25) is 0 Å². The molecule has 0 spiro atoms. The molecule has 31 heavy (non-hydrogen) atoms. The Kier molecular flexibility index (Phi) is 4.77. The van der Waals surface area contributed by atoms with Crippen LogP contribution < -0.4 is 0 Å². The lowest BCUT2D eigenvalue weighted by atomic mass is 9.96. The van der Waals surface area contributed by atoms with Gasteiger partial charge >= 0.3 is 12.1 Å². The second kappa shape index (κ2) is 7.38. The summed E-state index contributed by atoms with van der Waals surface area (Å²) in [6, 6.07) is 4.00. The standard InChI is InChI=1S/C20H21N3O8/c24-14-15(25)17(18(27)28)30-19(16(14)26)31-20(29)23-6-8-3-9(7-23)11-5-13-12(4-10(8)11)21-1-2-22-13/h1-2,4-5,8-9,14-17,19,24-26H,3,6-7H2,(H,27,28)/t8?,9?,14?,15-,16?,17?,19-/m0/s1. The fraction of sp³-hybridized carbons (Fsp3) is 0.500. The molecule has 3 aliphatic rings. The van der Waals surface area contributed by atoms with Gasteiger partial charge in [0, 0.05) is 37.3 Å². The van der Waals surface area contributed by atoms with E-state index in [4.69, 9.17) is 14.6 Å². The van der Waals surface area contributed by atoms with Gasteiger partial charge in [0.15, 0.2) is 6.10 Å². The third kappa shape index (κ3) is 3.30. The maximum atomic E-state index is 12.8. The number of carbonyl (C=O) groups is 2. The third-order valence-electron chi connectivity index (χ3n) is 6.29. The Balaban J connectivity index is 1.32. The van der Waals surface area contributed by atoms with Crippen molar-refractivity contribution in [2.24, 2.45) is 0 Å². The van der Waals surface area contributed by atoms with Gasteiger partial charge in [-0.15, -0.1) is 0 Å². The average Bonchev–Trinajstić information content (AvgIpc) is 3.01. The first kappa shape index (κ1) is 20.1. The number of amides is 1. The van der Waals surface area contributed by atoms with E-state index in [9.17, 15) is 24.9 Å². The van der Waals surface area contributed by atoms with Crippen molar-refractivity contribution in [1.29, 1.82) is 0 Å². The summed E-state index contributed by atoms with van der Waals surface area (Å²) < 4.78 is 10.2. The highest BCUT2D eigenvalue weighted by molar-refractivity contribution is 5.78. The van der Waals surface area contributed by atoms with E-state index in [-0.39, 0.29) is 11.8 Å². The molecule has 2 aromatic rings. The molecule has 5 rings (SSSR count). The second-order valence-corrected chi connectivity index (χ2v) is 8.18. The number of aliphatic hydroxyl groups excluding tert-OH is 3. The maximum absolute atomic E-state index is 12.8. The van der Waals surface area contributed by atoms with E-state index in [0.717, 1.165) is 28.6 Å². The molecule has 2 bridgehead atoms. The van der Waals surface area contributed by atoms with Crippen LogP contribution in [0.5, 0.6) is 0 Å². The third-order valence-corrected chi connectivity index (χ3v) is 6.29. The molecule has 1 aromatic carbocycles. The van der Waals surface area contributed by atoms with Crippen molar-refractivity contribution in [3.8, 4) is 0 Å². The van der Waals surface area contributed by atoms with Crippen LogP contribution in [0.4, 0.5) is 4.79 Å². The van der Waals surface area contributed by atoms with Crippen LogP contribution in [0.1, 0.15) is 29.4 Å². The molecule has 7 atom stereocenters. The Morgan fingerprint density at radius 3 is 2.10 bits per heavy atom. The lowest BCUT2D eigenvalue weighted by Gasteiger charge is -2.39. The molecule has 2 fully saturated rings. The van der Waals surface area contributed by atoms with E-state index in [1.165, 1.54) is 4.90 Å². The van der Waals surface area contributed by atoms with Crippen LogP contribution in [-0.2, 0) is 14.3 Å². The van der Waals surface area contributed by atoms with E-state index in [2.05, 4.69) is 9.97 Å². The second-order valence-electron chi connectivity index (χ2n) is 8.18. The van der Waals surface area contributed by atoms with Crippen molar-refractivity contribution < 1.29 is 39.5 Å². The molecule has 164 valence electrons. The van der Waals surface area contributed by atoms with Gasteiger partial charge in [0.1, 0.15) is 18.3 Å². The maximum Gasteiger partial charge on any atom is 0.412 e. The number of ether oxygens (including phenoxy) is 2. The lowest BCUT2D eigenvalue weighted by molar-refractivity contribution is -0.280. The molecular weight excluding hydrogens is 410 g/mol. The Bertz CT molecular complexity index is 998. The number of aliphatic hydroxyl groups is 3. The monoisotopic (exact) mass is 431 g/mol. The van der Waals surface area contributed by atoms with Gasteiger partial charge in [-0.1, -0.05) is 0 Å². The molecule has 1 aliphatic carbocycles. The summed E-state index contributed by atoms with van der Waals surface area (Å²) in [6.07, 6.45) is -5.66. The molecule has 2 saturated heterocycles. The molecule has 11 heteroatoms. The highest BCUT2D eigenvalue weighted by Crippen LogP contribution is 2.47. The van der Waals surface area contributed by atoms with E-state index in [1.807, 2.05) is 12.1 Å². The van der Waals surface area contributed by atoms with Gasteiger partial charge in [-0.25, -0.2) is 9.59 Å². The number of fused-ring (bicyclic) bond motifs is 6. The summed E-state index contributed by atoms with van der Waals surface area (Å²) in [5, 5.41) is 38.9. The summed E-state index contributed by atoms with van der Waals surface area (Å²) in [7, 11) is 0. The minimum Gasteiger partial charge on any atom is -0.479 e. The Morgan fingerprint density at radius 1 is 0.968 bits per heavy atom. The first-order valence-corrected chi connectivity index (χ1v) is 9.96. The number of hydrogen-bond acceptors (Lipinski definition) is 9.